The van der Waals surface area contributed by atoms with Gasteiger partial charge in [-0.25, -0.2) is 9.78 Å². The van der Waals surface area contributed by atoms with Crippen LogP contribution in [0, 0.1) is 0 Å². The third kappa shape index (κ3) is 4.93. The second-order valence-corrected chi connectivity index (χ2v) is 8.62. The summed E-state index contributed by atoms with van der Waals surface area (Å²) in [7, 11) is 0. The van der Waals surface area contributed by atoms with Crippen LogP contribution in [-0.2, 0) is 6.54 Å². The van der Waals surface area contributed by atoms with Crippen LogP contribution in [-0.4, -0.2) is 73.5 Å². The number of hydrogen-bond acceptors (Lipinski definition) is 8. The molecule has 1 aliphatic heterocycles. The number of carboxylic acids is 1. The van der Waals surface area contributed by atoms with E-state index in [0.29, 0.717) is 60.6 Å². The maximum Gasteiger partial charge on any atom is 0.341 e. The van der Waals surface area contributed by atoms with Crippen molar-refractivity contribution in [1.82, 2.24) is 24.8 Å². The molecule has 0 atom stereocenters. The molecule has 0 saturated carbocycles. The van der Waals surface area contributed by atoms with Gasteiger partial charge in [-0.05, 0) is 38.2 Å². The van der Waals surface area contributed by atoms with Crippen LogP contribution in [0.1, 0.15) is 44.9 Å². The first-order valence-corrected chi connectivity index (χ1v) is 11.7. The zero-order valence-corrected chi connectivity index (χ0v) is 20.5. The molecule has 1 amide bonds. The number of nitrogens with zero attached hydrogens (tertiary/aromatic N) is 5. The molecule has 0 unspecified atom stereocenters. The normalized spacial score (nSPS) is 13.5. The summed E-state index contributed by atoms with van der Waals surface area (Å²) in [6, 6.07) is 6.37. The fourth-order valence-electron chi connectivity index (χ4n) is 3.92. The molecule has 2 N–H and O–H groups in total. The van der Waals surface area contributed by atoms with Gasteiger partial charge in [-0.1, -0.05) is 12.1 Å². The van der Waals surface area contributed by atoms with Gasteiger partial charge >= 0.3 is 5.97 Å². The molecule has 0 aliphatic carbocycles. The van der Waals surface area contributed by atoms with Crippen molar-refractivity contribution < 1.29 is 19.5 Å². The average Bonchev–Trinajstić information content (AvgIpc) is 2.88. The topological polar surface area (TPSA) is 138 Å². The van der Waals surface area contributed by atoms with Crippen LogP contribution in [0.25, 0.3) is 11.0 Å². The van der Waals surface area contributed by atoms with Crippen LogP contribution in [0.15, 0.2) is 41.5 Å². The van der Waals surface area contributed by atoms with Gasteiger partial charge in [-0.3, -0.25) is 19.7 Å². The number of benzene rings is 1. The Kier molecular flexibility index (Phi) is 7.06. The molecule has 3 aromatic rings. The molecule has 1 aromatic carbocycles. The number of hydrogen-bond donors (Lipinski definition) is 2. The molecule has 12 heteroatoms. The molecule has 3 heterocycles. The average molecular weight is 509 g/mol. The minimum atomic E-state index is -1.29. The third-order valence-corrected chi connectivity index (χ3v) is 6.36. The minimum Gasteiger partial charge on any atom is -0.477 e. The zero-order chi connectivity index (χ0) is 26.0. The molecule has 2 aromatic heterocycles. The summed E-state index contributed by atoms with van der Waals surface area (Å²) in [6.07, 6.45) is 2.67. The fraction of sp³-hybridized carbons (Fsp3) is 0.292. The summed E-state index contributed by atoms with van der Waals surface area (Å²) in [5.74, 6) is -1.30. The van der Waals surface area contributed by atoms with E-state index in [4.69, 9.17) is 12.2 Å². The van der Waals surface area contributed by atoms with Crippen LogP contribution in [0.4, 0.5) is 5.95 Å². The summed E-state index contributed by atoms with van der Waals surface area (Å²) in [4.78, 5) is 60.5. The Morgan fingerprint density at radius 1 is 1.08 bits per heavy atom. The molecular formula is C24H24N6O5S. The number of anilines is 1. The molecule has 1 aliphatic rings. The van der Waals surface area contributed by atoms with Crippen molar-refractivity contribution in [3.05, 3.63) is 63.6 Å². The number of Topliss-reactive ketones (excluding diaryl/α,β-unsaturated/α-hetero) is 1. The van der Waals surface area contributed by atoms with Gasteiger partial charge in [0.05, 0.1) is 5.39 Å². The van der Waals surface area contributed by atoms with Crippen molar-refractivity contribution in [2.24, 2.45) is 0 Å². The van der Waals surface area contributed by atoms with Gasteiger partial charge in [0.2, 0.25) is 11.4 Å². The Morgan fingerprint density at radius 2 is 1.72 bits per heavy atom. The van der Waals surface area contributed by atoms with E-state index in [2.05, 4.69) is 15.3 Å². The van der Waals surface area contributed by atoms with Crippen molar-refractivity contribution in [3.63, 3.8) is 0 Å². The molecular weight excluding hydrogens is 484 g/mol. The van der Waals surface area contributed by atoms with Crippen LogP contribution < -0.4 is 15.6 Å². The number of aryl methyl sites for hydroxylation is 1. The van der Waals surface area contributed by atoms with E-state index in [9.17, 15) is 24.3 Å². The van der Waals surface area contributed by atoms with Gasteiger partial charge in [-0.15, -0.1) is 0 Å². The zero-order valence-electron chi connectivity index (χ0n) is 19.7. The lowest BCUT2D eigenvalue weighted by molar-refractivity contribution is 0.0694. The Labute approximate surface area is 211 Å². The maximum atomic E-state index is 12.5. The van der Waals surface area contributed by atoms with Crippen molar-refractivity contribution in [2.75, 3.05) is 31.1 Å². The summed E-state index contributed by atoms with van der Waals surface area (Å²) >= 11 is 5.42. The predicted octanol–water partition coefficient (Wildman–Crippen LogP) is 1.55. The van der Waals surface area contributed by atoms with E-state index in [1.165, 1.54) is 19.3 Å². The second kappa shape index (κ2) is 10.2. The molecule has 36 heavy (non-hydrogen) atoms. The van der Waals surface area contributed by atoms with Gasteiger partial charge < -0.3 is 19.5 Å². The Balaban J connectivity index is 1.43. The standard InChI is InChI=1S/C24H24N6O5S/c1-3-28-13-18(22(34)35)19(32)17-12-25-23(26-20(17)28)29-8-10-30(11-9-29)24(36)27-21(33)16-6-4-15(5-7-16)14(2)31/h4-7,12-13H,3,8-11H2,1-2H3,(H,34,35)(H,27,33,36). The number of thiocarbonyl (C=S) groups is 1. The van der Waals surface area contributed by atoms with Crippen molar-refractivity contribution in [2.45, 2.75) is 20.4 Å². The van der Waals surface area contributed by atoms with Crippen LogP contribution in [0.3, 0.4) is 0 Å². The number of aromatic carboxylic acids is 1. The van der Waals surface area contributed by atoms with Crippen molar-refractivity contribution >= 4 is 52.0 Å². The highest BCUT2D eigenvalue weighted by Gasteiger charge is 2.23. The summed E-state index contributed by atoms with van der Waals surface area (Å²) < 4.78 is 1.62. The number of nitrogens with one attached hydrogen (secondary N) is 1. The number of piperazine rings is 1. The molecule has 0 bridgehead atoms. The lowest BCUT2D eigenvalue weighted by atomic mass is 10.1. The van der Waals surface area contributed by atoms with E-state index < -0.39 is 11.4 Å². The van der Waals surface area contributed by atoms with E-state index in [-0.39, 0.29) is 22.6 Å². The fourth-order valence-corrected chi connectivity index (χ4v) is 4.20. The van der Waals surface area contributed by atoms with Crippen LogP contribution in [0.2, 0.25) is 0 Å². The highest BCUT2D eigenvalue weighted by Crippen LogP contribution is 2.16. The van der Waals surface area contributed by atoms with E-state index in [0.717, 1.165) is 0 Å². The lowest BCUT2D eigenvalue weighted by Crippen LogP contribution is -2.53. The van der Waals surface area contributed by atoms with Crippen LogP contribution in [0.5, 0.6) is 0 Å². The molecule has 11 nitrogen and oxygen atoms in total. The highest BCUT2D eigenvalue weighted by atomic mass is 32.1. The number of aromatic nitrogens is 3. The van der Waals surface area contributed by atoms with Crippen molar-refractivity contribution in [3.8, 4) is 0 Å². The number of carbonyl (C=O) groups excluding carboxylic acids is 2. The molecule has 4 rings (SSSR count). The molecule has 0 radical (unpaired) electrons. The number of carboxylic acid groups (broad SMARTS) is 1. The SMILES string of the molecule is CCn1cc(C(=O)O)c(=O)c2cnc(N3CCN(C(=S)NC(=O)c4ccc(C(C)=O)cc4)CC3)nc21. The summed E-state index contributed by atoms with van der Waals surface area (Å²) in [6.45, 7) is 5.82. The first kappa shape index (κ1) is 24.9. The molecule has 1 fully saturated rings. The van der Waals surface area contributed by atoms with Crippen LogP contribution >= 0.6 is 12.2 Å². The number of rotatable bonds is 5. The van der Waals surface area contributed by atoms with E-state index in [1.807, 2.05) is 16.7 Å². The molecule has 0 spiro atoms. The smallest absolute Gasteiger partial charge is 0.341 e. The van der Waals surface area contributed by atoms with Gasteiger partial charge in [-0.2, -0.15) is 4.98 Å². The second-order valence-electron chi connectivity index (χ2n) is 8.24. The Hall–Kier alpha value is -4.19. The maximum absolute atomic E-state index is 12.5. The third-order valence-electron chi connectivity index (χ3n) is 6.00. The first-order chi connectivity index (χ1) is 17.2. The van der Waals surface area contributed by atoms with Gasteiger partial charge in [0.15, 0.2) is 10.9 Å². The molecule has 186 valence electrons. The summed E-state index contributed by atoms with van der Waals surface area (Å²) in [5, 5.41) is 12.5. The van der Waals surface area contributed by atoms with Gasteiger partial charge in [0.25, 0.3) is 5.91 Å². The number of ketones is 1. The number of pyridine rings is 1. The molecule has 1 saturated heterocycles. The quantitative estimate of drug-likeness (QED) is 0.386. The first-order valence-electron chi connectivity index (χ1n) is 11.3. The minimum absolute atomic E-state index is 0.0752. The van der Waals surface area contributed by atoms with Gasteiger partial charge in [0, 0.05) is 56.2 Å². The lowest BCUT2D eigenvalue weighted by Gasteiger charge is -2.36. The predicted molar refractivity (Wildman–Crippen MR) is 137 cm³/mol. The monoisotopic (exact) mass is 508 g/mol. The summed E-state index contributed by atoms with van der Waals surface area (Å²) in [5.41, 5.74) is 0.367. The van der Waals surface area contributed by atoms with E-state index in [1.54, 1.807) is 28.8 Å². The number of fused-ring (bicyclic) bond motifs is 1. The largest absolute Gasteiger partial charge is 0.477 e. The number of amides is 1. The highest BCUT2D eigenvalue weighted by molar-refractivity contribution is 7.80. The Morgan fingerprint density at radius 3 is 2.31 bits per heavy atom. The number of carbonyl (C=O) groups is 3. The Bertz CT molecular complexity index is 1430. The van der Waals surface area contributed by atoms with Gasteiger partial charge in [0.1, 0.15) is 11.2 Å². The van der Waals surface area contributed by atoms with Crippen molar-refractivity contribution in [1.29, 1.82) is 0 Å². The van der Waals surface area contributed by atoms with E-state index >= 15 is 0 Å².